The van der Waals surface area contributed by atoms with Crippen molar-refractivity contribution >= 4 is 5.69 Å². The minimum absolute atomic E-state index is 0.577. The molecule has 0 spiro atoms. The second kappa shape index (κ2) is 3.52. The van der Waals surface area contributed by atoms with E-state index in [0.29, 0.717) is 6.07 Å². The van der Waals surface area contributed by atoms with Gasteiger partial charge in [0.25, 0.3) is 5.69 Å². The van der Waals surface area contributed by atoms with E-state index in [1.165, 1.54) is 0 Å². The van der Waals surface area contributed by atoms with Crippen LogP contribution in [0.2, 0.25) is 0 Å². The molecule has 0 unspecified atom stereocenters. The molecule has 4 nitrogen and oxygen atoms in total. The van der Waals surface area contributed by atoms with Crippen molar-refractivity contribution in [3.63, 3.8) is 0 Å². The van der Waals surface area contributed by atoms with E-state index in [2.05, 4.69) is 10.8 Å². The number of nitro groups is 1. The van der Waals surface area contributed by atoms with Crippen molar-refractivity contribution in [3.05, 3.63) is 34.4 Å². The number of hydrogen-bond acceptors (Lipinski definition) is 3. The van der Waals surface area contributed by atoms with Crippen LogP contribution in [0.3, 0.4) is 0 Å². The lowest BCUT2D eigenvalue weighted by atomic mass is 10.3. The molecule has 0 N–H and O–H groups in total. The van der Waals surface area contributed by atoms with E-state index in [-0.39, 0.29) is 0 Å². The Kier molecular flexibility index (Phi) is 2.59. The molecule has 0 bridgehead atoms. The Balaban J connectivity index is 2.89. The summed E-state index contributed by atoms with van der Waals surface area (Å²) in [6.45, 7) is 0. The monoisotopic (exact) mass is 206 g/mol. The number of non-ortho nitro benzene ring substituents is 1. The zero-order valence-electron chi connectivity index (χ0n) is 6.54. The average molecular weight is 206 g/mol. The SMILES string of the molecule is O=[N+]([O-])c1[c]ccc(OC(F)(F)F)c1. The lowest BCUT2D eigenvalue weighted by molar-refractivity contribution is -0.385. The first-order valence-electron chi connectivity index (χ1n) is 3.30. The van der Waals surface area contributed by atoms with Gasteiger partial charge >= 0.3 is 6.36 Å². The maximum Gasteiger partial charge on any atom is 0.573 e. The summed E-state index contributed by atoms with van der Waals surface area (Å²) in [7, 11) is 0. The summed E-state index contributed by atoms with van der Waals surface area (Å²) < 4.78 is 38.5. The zero-order valence-corrected chi connectivity index (χ0v) is 6.54. The highest BCUT2D eigenvalue weighted by Crippen LogP contribution is 2.25. The fraction of sp³-hybridized carbons (Fsp3) is 0.143. The van der Waals surface area contributed by atoms with Crippen LogP contribution < -0.4 is 4.74 Å². The highest BCUT2D eigenvalue weighted by Gasteiger charge is 2.31. The van der Waals surface area contributed by atoms with Crippen LogP contribution in [0.15, 0.2) is 18.2 Å². The van der Waals surface area contributed by atoms with E-state index in [4.69, 9.17) is 0 Å². The zero-order chi connectivity index (χ0) is 10.8. The summed E-state index contributed by atoms with van der Waals surface area (Å²) in [6.07, 6.45) is -4.85. The average Bonchev–Trinajstić information content (AvgIpc) is 2.01. The number of alkyl halides is 3. The molecule has 1 aromatic carbocycles. The summed E-state index contributed by atoms with van der Waals surface area (Å²) in [4.78, 5) is 9.30. The first-order chi connectivity index (χ1) is 6.38. The quantitative estimate of drug-likeness (QED) is 0.551. The molecule has 1 rings (SSSR count). The fourth-order valence-corrected chi connectivity index (χ4v) is 0.736. The van der Waals surface area contributed by atoms with Crippen molar-refractivity contribution in [2.24, 2.45) is 0 Å². The first-order valence-corrected chi connectivity index (χ1v) is 3.30. The smallest absolute Gasteiger partial charge is 0.406 e. The Labute approximate surface area is 76.1 Å². The number of nitro benzene ring substituents is 1. The van der Waals surface area contributed by atoms with Gasteiger partial charge in [0.2, 0.25) is 0 Å². The van der Waals surface area contributed by atoms with Crippen molar-refractivity contribution in [1.82, 2.24) is 0 Å². The van der Waals surface area contributed by atoms with Gasteiger partial charge in [0.05, 0.1) is 17.1 Å². The van der Waals surface area contributed by atoms with E-state index < -0.39 is 22.7 Å². The van der Waals surface area contributed by atoms with E-state index in [1.807, 2.05) is 0 Å². The minimum atomic E-state index is -4.85. The molecule has 0 fully saturated rings. The molecule has 75 valence electrons. The Morgan fingerprint density at radius 3 is 2.64 bits per heavy atom. The van der Waals surface area contributed by atoms with E-state index in [9.17, 15) is 23.3 Å². The highest BCUT2D eigenvalue weighted by molar-refractivity contribution is 5.36. The maximum atomic E-state index is 11.7. The Morgan fingerprint density at radius 1 is 1.50 bits per heavy atom. The summed E-state index contributed by atoms with van der Waals surface area (Å²) in [5.74, 6) is -0.636. The standard InChI is InChI=1S/C7H3F3NO3/c8-7(9,10)14-6-3-1-2-5(4-6)11(12)13/h1,3-4H. The Bertz CT molecular complexity index is 350. The maximum absolute atomic E-state index is 11.7. The van der Waals surface area contributed by atoms with E-state index in [0.717, 1.165) is 12.1 Å². The first kappa shape index (κ1) is 10.3. The van der Waals surface area contributed by atoms with Crippen LogP contribution in [0.1, 0.15) is 0 Å². The predicted molar refractivity (Wildman–Crippen MR) is 38.6 cm³/mol. The van der Waals surface area contributed by atoms with Crippen LogP contribution in [0.4, 0.5) is 18.9 Å². The minimum Gasteiger partial charge on any atom is -0.406 e. The van der Waals surface area contributed by atoms with E-state index in [1.54, 1.807) is 0 Å². The molecule has 1 radical (unpaired) electrons. The van der Waals surface area contributed by atoms with Crippen LogP contribution in [-0.4, -0.2) is 11.3 Å². The molecule has 0 aromatic heterocycles. The topological polar surface area (TPSA) is 52.4 Å². The molecule has 0 aliphatic heterocycles. The van der Waals surface area contributed by atoms with Crippen molar-refractivity contribution < 1.29 is 22.8 Å². The van der Waals surface area contributed by atoms with Crippen molar-refractivity contribution in [2.75, 3.05) is 0 Å². The molecule has 0 heterocycles. The van der Waals surface area contributed by atoms with Gasteiger partial charge < -0.3 is 4.74 Å². The van der Waals surface area contributed by atoms with Gasteiger partial charge in [-0.2, -0.15) is 0 Å². The highest BCUT2D eigenvalue weighted by atomic mass is 19.4. The number of halogens is 3. The van der Waals surface area contributed by atoms with Crippen LogP contribution >= 0.6 is 0 Å². The molecule has 0 aliphatic carbocycles. The lowest BCUT2D eigenvalue weighted by Crippen LogP contribution is -2.17. The molecular formula is C7H3F3NO3. The summed E-state index contributed by atoms with van der Waals surface area (Å²) in [5, 5.41) is 10.2. The third kappa shape index (κ3) is 2.92. The van der Waals surface area contributed by atoms with E-state index >= 15 is 0 Å². The molecule has 1 aromatic rings. The van der Waals surface area contributed by atoms with Gasteiger partial charge in [-0.15, -0.1) is 13.2 Å². The largest absolute Gasteiger partial charge is 0.573 e. The van der Waals surface area contributed by atoms with Gasteiger partial charge in [-0.25, -0.2) is 0 Å². The third-order valence-electron chi connectivity index (χ3n) is 1.19. The van der Waals surface area contributed by atoms with Gasteiger partial charge in [0, 0.05) is 0 Å². The lowest BCUT2D eigenvalue weighted by Gasteiger charge is -2.07. The number of ether oxygens (including phenoxy) is 1. The normalized spacial score (nSPS) is 11.1. The van der Waals surface area contributed by atoms with Gasteiger partial charge in [-0.05, 0) is 12.1 Å². The second-order valence-electron chi connectivity index (χ2n) is 2.21. The van der Waals surface area contributed by atoms with Crippen molar-refractivity contribution in [3.8, 4) is 5.75 Å². The predicted octanol–water partition coefficient (Wildman–Crippen LogP) is 2.29. The third-order valence-corrected chi connectivity index (χ3v) is 1.19. The van der Waals surface area contributed by atoms with Gasteiger partial charge in [0.15, 0.2) is 0 Å². The Morgan fingerprint density at radius 2 is 2.14 bits per heavy atom. The molecule has 0 saturated carbocycles. The van der Waals surface area contributed by atoms with Gasteiger partial charge in [-0.1, -0.05) is 0 Å². The number of benzene rings is 1. The van der Waals surface area contributed by atoms with Gasteiger partial charge in [-0.3, -0.25) is 10.1 Å². The summed E-state index contributed by atoms with van der Waals surface area (Å²) in [6, 6.07) is 4.71. The molecule has 0 saturated heterocycles. The van der Waals surface area contributed by atoms with Crippen LogP contribution in [0.5, 0.6) is 5.75 Å². The molecule has 14 heavy (non-hydrogen) atoms. The van der Waals surface area contributed by atoms with Crippen LogP contribution in [0.25, 0.3) is 0 Å². The van der Waals surface area contributed by atoms with Crippen LogP contribution in [-0.2, 0) is 0 Å². The molecule has 0 amide bonds. The van der Waals surface area contributed by atoms with Crippen molar-refractivity contribution in [2.45, 2.75) is 6.36 Å². The molecule has 0 aliphatic rings. The van der Waals surface area contributed by atoms with Crippen LogP contribution in [0, 0.1) is 16.2 Å². The Hall–Kier alpha value is -1.79. The number of hydrogen-bond donors (Lipinski definition) is 0. The number of nitrogens with zero attached hydrogens (tertiary/aromatic N) is 1. The summed E-state index contributed by atoms with van der Waals surface area (Å²) >= 11 is 0. The molecule has 7 heteroatoms. The molecule has 0 atom stereocenters. The summed E-state index contributed by atoms with van der Waals surface area (Å²) in [5.41, 5.74) is -0.577. The van der Waals surface area contributed by atoms with Crippen molar-refractivity contribution in [1.29, 1.82) is 0 Å². The second-order valence-corrected chi connectivity index (χ2v) is 2.21. The van der Waals surface area contributed by atoms with Gasteiger partial charge in [0.1, 0.15) is 5.75 Å². The molecular weight excluding hydrogens is 203 g/mol. The number of rotatable bonds is 2. The fourth-order valence-electron chi connectivity index (χ4n) is 0.736.